The number of rotatable bonds is 2. The molecule has 0 N–H and O–H groups in total. The molecule has 3 aromatic carbocycles. The Balaban J connectivity index is 1.78. The molecular formula is C24H15ClO3. The molecule has 2 heterocycles. The van der Waals surface area contributed by atoms with Crippen LogP contribution in [0.15, 0.2) is 86.6 Å². The zero-order valence-corrected chi connectivity index (χ0v) is 15.8. The second-order valence-electron chi connectivity index (χ2n) is 6.75. The molecule has 0 spiro atoms. The van der Waals surface area contributed by atoms with Crippen molar-refractivity contribution in [2.45, 2.75) is 6.92 Å². The second-order valence-corrected chi connectivity index (χ2v) is 7.19. The first-order chi connectivity index (χ1) is 13.6. The molecule has 0 aliphatic rings. The summed E-state index contributed by atoms with van der Waals surface area (Å²) in [5.74, 6) is 0.506. The van der Waals surface area contributed by atoms with Gasteiger partial charge in [0.2, 0.25) is 0 Å². The highest BCUT2D eigenvalue weighted by atomic mass is 35.5. The lowest BCUT2D eigenvalue weighted by Gasteiger charge is -2.07. The molecular weight excluding hydrogens is 372 g/mol. The zero-order chi connectivity index (χ0) is 19.3. The molecule has 2 aromatic heterocycles. The summed E-state index contributed by atoms with van der Waals surface area (Å²) in [6, 6.07) is 20.6. The Hall–Kier alpha value is -3.30. The van der Waals surface area contributed by atoms with Crippen LogP contribution in [0.2, 0.25) is 5.02 Å². The van der Waals surface area contributed by atoms with Gasteiger partial charge in [0.25, 0.3) is 0 Å². The van der Waals surface area contributed by atoms with Crippen molar-refractivity contribution >= 4 is 33.5 Å². The van der Waals surface area contributed by atoms with Crippen LogP contribution in [-0.2, 0) is 0 Å². The number of aryl methyl sites for hydroxylation is 1. The van der Waals surface area contributed by atoms with E-state index in [1.807, 2.05) is 55.5 Å². The molecule has 0 radical (unpaired) electrons. The summed E-state index contributed by atoms with van der Waals surface area (Å²) >= 11 is 5.96. The van der Waals surface area contributed by atoms with Crippen LogP contribution in [0.25, 0.3) is 44.4 Å². The number of furan rings is 1. The average Bonchev–Trinajstić information content (AvgIpc) is 3.14. The largest absolute Gasteiger partial charge is 0.463 e. The van der Waals surface area contributed by atoms with E-state index in [1.165, 1.54) is 6.07 Å². The number of benzene rings is 3. The van der Waals surface area contributed by atoms with Gasteiger partial charge in [0.05, 0.1) is 11.6 Å². The van der Waals surface area contributed by atoms with E-state index in [0.29, 0.717) is 21.8 Å². The van der Waals surface area contributed by atoms with E-state index >= 15 is 0 Å². The van der Waals surface area contributed by atoms with Gasteiger partial charge < -0.3 is 8.83 Å². The van der Waals surface area contributed by atoms with Gasteiger partial charge in [-0.3, -0.25) is 4.79 Å². The van der Waals surface area contributed by atoms with E-state index in [4.69, 9.17) is 20.4 Å². The van der Waals surface area contributed by atoms with Crippen LogP contribution in [-0.4, -0.2) is 0 Å². The van der Waals surface area contributed by atoms with Crippen LogP contribution in [0.1, 0.15) is 5.56 Å². The van der Waals surface area contributed by atoms with Crippen LogP contribution in [0.4, 0.5) is 0 Å². The van der Waals surface area contributed by atoms with Gasteiger partial charge in [-0.2, -0.15) is 0 Å². The normalized spacial score (nSPS) is 11.4. The summed E-state index contributed by atoms with van der Waals surface area (Å²) in [6.07, 6.45) is 1.73. The third kappa shape index (κ3) is 2.63. The number of fused-ring (bicyclic) bond motifs is 2. The van der Waals surface area contributed by atoms with E-state index in [2.05, 4.69) is 0 Å². The van der Waals surface area contributed by atoms with Gasteiger partial charge in [0, 0.05) is 33.2 Å². The minimum atomic E-state index is -0.0867. The summed E-state index contributed by atoms with van der Waals surface area (Å²) in [7, 11) is 0. The fourth-order valence-corrected chi connectivity index (χ4v) is 3.69. The molecule has 0 saturated heterocycles. The molecule has 5 rings (SSSR count). The predicted molar refractivity (Wildman–Crippen MR) is 113 cm³/mol. The first-order valence-corrected chi connectivity index (χ1v) is 9.29. The van der Waals surface area contributed by atoms with Crippen molar-refractivity contribution in [2.75, 3.05) is 0 Å². The predicted octanol–water partition coefficient (Wildman–Crippen LogP) is 6.84. The number of hydrogen-bond donors (Lipinski definition) is 0. The van der Waals surface area contributed by atoms with E-state index in [9.17, 15) is 4.79 Å². The van der Waals surface area contributed by atoms with Crippen molar-refractivity contribution in [3.8, 4) is 22.5 Å². The van der Waals surface area contributed by atoms with Gasteiger partial charge >= 0.3 is 0 Å². The topological polar surface area (TPSA) is 43.4 Å². The zero-order valence-electron chi connectivity index (χ0n) is 15.0. The minimum Gasteiger partial charge on any atom is -0.463 e. The van der Waals surface area contributed by atoms with E-state index < -0.39 is 0 Å². The molecule has 136 valence electrons. The van der Waals surface area contributed by atoms with Crippen molar-refractivity contribution in [3.05, 3.63) is 93.8 Å². The smallest absolute Gasteiger partial charge is 0.193 e. The molecule has 4 heteroatoms. The first-order valence-electron chi connectivity index (χ1n) is 8.92. The molecule has 0 aliphatic carbocycles. The van der Waals surface area contributed by atoms with Crippen LogP contribution >= 0.6 is 11.6 Å². The minimum absolute atomic E-state index is 0.0867. The quantitative estimate of drug-likeness (QED) is 0.333. The van der Waals surface area contributed by atoms with E-state index in [0.717, 1.165) is 33.2 Å². The number of hydrogen-bond acceptors (Lipinski definition) is 3. The van der Waals surface area contributed by atoms with Gasteiger partial charge in [-0.15, -0.1) is 0 Å². The molecule has 0 unspecified atom stereocenters. The Labute approximate surface area is 165 Å². The van der Waals surface area contributed by atoms with E-state index in [-0.39, 0.29) is 5.43 Å². The first kappa shape index (κ1) is 16.8. The standard InChI is InChI=1S/C24H15ClO3/c1-14-23-18(20(13-27-23)15-5-3-2-4-6-15)11-19-21(26)12-22(28-24(14)19)16-7-9-17(25)10-8-16/h2-13H,1H3. The van der Waals surface area contributed by atoms with Gasteiger partial charge in [0.15, 0.2) is 5.43 Å². The van der Waals surface area contributed by atoms with Gasteiger partial charge in [-0.05, 0) is 42.8 Å². The van der Waals surface area contributed by atoms with Crippen LogP contribution < -0.4 is 5.43 Å². The highest BCUT2D eigenvalue weighted by Gasteiger charge is 2.17. The molecule has 0 aliphatic heterocycles. The maximum absolute atomic E-state index is 12.9. The van der Waals surface area contributed by atoms with Gasteiger partial charge in [-0.25, -0.2) is 0 Å². The third-order valence-electron chi connectivity index (χ3n) is 5.00. The molecule has 0 amide bonds. The molecule has 0 saturated carbocycles. The third-order valence-corrected chi connectivity index (χ3v) is 5.25. The Morgan fingerprint density at radius 3 is 2.32 bits per heavy atom. The SMILES string of the molecule is Cc1c2occ(-c3ccccc3)c2cc2c(=O)cc(-c3ccc(Cl)cc3)oc12. The molecule has 28 heavy (non-hydrogen) atoms. The van der Waals surface area contributed by atoms with Crippen molar-refractivity contribution in [1.82, 2.24) is 0 Å². The van der Waals surface area contributed by atoms with Crippen LogP contribution in [0.5, 0.6) is 0 Å². The maximum Gasteiger partial charge on any atom is 0.193 e. The lowest BCUT2D eigenvalue weighted by atomic mass is 10.0. The Kier molecular flexibility index (Phi) is 3.85. The molecule has 0 atom stereocenters. The van der Waals surface area contributed by atoms with Crippen molar-refractivity contribution < 1.29 is 8.83 Å². The summed E-state index contributed by atoms with van der Waals surface area (Å²) in [4.78, 5) is 12.9. The van der Waals surface area contributed by atoms with Crippen molar-refractivity contribution in [3.63, 3.8) is 0 Å². The summed E-state index contributed by atoms with van der Waals surface area (Å²) < 4.78 is 12.0. The van der Waals surface area contributed by atoms with Crippen LogP contribution in [0.3, 0.4) is 0 Å². The lowest BCUT2D eigenvalue weighted by molar-refractivity contribution is 0.601. The van der Waals surface area contributed by atoms with Crippen molar-refractivity contribution in [2.24, 2.45) is 0 Å². The van der Waals surface area contributed by atoms with Crippen LogP contribution in [0, 0.1) is 6.92 Å². The highest BCUT2D eigenvalue weighted by molar-refractivity contribution is 6.30. The second kappa shape index (κ2) is 6.39. The van der Waals surface area contributed by atoms with Gasteiger partial charge in [0.1, 0.15) is 16.9 Å². The lowest BCUT2D eigenvalue weighted by Crippen LogP contribution is -2.01. The fourth-order valence-electron chi connectivity index (χ4n) is 3.56. The van der Waals surface area contributed by atoms with Crippen molar-refractivity contribution in [1.29, 1.82) is 0 Å². The Morgan fingerprint density at radius 2 is 1.57 bits per heavy atom. The van der Waals surface area contributed by atoms with E-state index in [1.54, 1.807) is 18.4 Å². The summed E-state index contributed by atoms with van der Waals surface area (Å²) in [6.45, 7) is 1.91. The summed E-state index contributed by atoms with van der Waals surface area (Å²) in [5, 5.41) is 2.08. The number of halogens is 1. The highest BCUT2D eigenvalue weighted by Crippen LogP contribution is 2.36. The Morgan fingerprint density at radius 1 is 0.821 bits per heavy atom. The molecule has 0 bridgehead atoms. The monoisotopic (exact) mass is 386 g/mol. The molecule has 5 aromatic rings. The van der Waals surface area contributed by atoms with Gasteiger partial charge in [-0.1, -0.05) is 41.9 Å². The maximum atomic E-state index is 12.9. The summed E-state index contributed by atoms with van der Waals surface area (Å²) in [5.41, 5.74) is 4.79. The average molecular weight is 387 g/mol. The molecule has 3 nitrogen and oxygen atoms in total. The fraction of sp³-hybridized carbons (Fsp3) is 0.0417. The molecule has 0 fully saturated rings. The Bertz CT molecular complexity index is 1380.